The molecule has 355 valence electrons. The van der Waals surface area contributed by atoms with E-state index in [0.717, 1.165) is 88.2 Å². The summed E-state index contributed by atoms with van der Waals surface area (Å²) in [4.78, 5) is 9.70. The van der Waals surface area contributed by atoms with E-state index in [1.807, 2.05) is 134 Å². The van der Waals surface area contributed by atoms with Crippen LogP contribution < -0.4 is 4.40 Å². The summed E-state index contributed by atoms with van der Waals surface area (Å²) in [6.45, 7) is 3.91. The minimum Gasteiger partial charge on any atom is 0 e. The molecule has 0 saturated heterocycles. The zero-order chi connectivity index (χ0) is 49.7. The molecule has 0 aliphatic rings. The van der Waals surface area contributed by atoms with Crippen molar-refractivity contribution in [2.24, 2.45) is 0 Å². The van der Waals surface area contributed by atoms with Gasteiger partial charge in [-0.25, -0.2) is 4.39 Å². The van der Waals surface area contributed by atoms with Gasteiger partial charge < -0.3 is 4.57 Å². The van der Waals surface area contributed by atoms with E-state index in [2.05, 4.69) is 70.8 Å². The van der Waals surface area contributed by atoms with Gasteiger partial charge in [-0.3, -0.25) is 4.98 Å². The standard InChI is InChI=1S/C44H25F4N2S.C17H22GeN.Ir/c45-37-15-8-16-38-41(37)50(39-26-31(27-9-3-1-4-10-27)19-23-33(39)29-11-5-2-6-12-29)43(49-38)35-14-7-13-34-36-25-30(20-24-40(36)51-42(34)35)28-17-21-32(22-18-28)44(46,47)48;1-13(2)15-11-17(14-9-7-6-8-10-14)19-12-16(15)18(3,4)5;/h1-13,15-26H;6-9,11-13H,1-5H3;/q2*-1;/i;13D;. The Hall–Kier alpha value is -6.49. The van der Waals surface area contributed by atoms with Crippen LogP contribution in [0.15, 0.2) is 188 Å². The summed E-state index contributed by atoms with van der Waals surface area (Å²) in [5.74, 6) is 6.61. The van der Waals surface area contributed by atoms with Crippen LogP contribution in [0.1, 0.15) is 32.2 Å². The molecule has 0 fully saturated rings. The average Bonchev–Trinajstić information content (AvgIpc) is 3.96. The molecule has 11 rings (SSSR count). The zero-order valence-corrected chi connectivity index (χ0v) is 44.8. The molecule has 0 aliphatic heterocycles. The van der Waals surface area contributed by atoms with Gasteiger partial charge >= 0.3 is 127 Å². The number of fused-ring (bicyclic) bond motifs is 4. The minimum atomic E-state index is -4.40. The molecule has 0 unspecified atom stereocenters. The number of imidazole rings is 1. The molecule has 0 aliphatic carbocycles. The Balaban J connectivity index is 0.000000257. The van der Waals surface area contributed by atoms with Crippen LogP contribution in [-0.4, -0.2) is 27.8 Å². The van der Waals surface area contributed by atoms with Gasteiger partial charge in [0.15, 0.2) is 0 Å². The van der Waals surface area contributed by atoms with Crippen LogP contribution in [-0.2, 0) is 26.3 Å². The summed E-state index contributed by atoms with van der Waals surface area (Å²) in [6.07, 6.45) is -2.40. The van der Waals surface area contributed by atoms with Gasteiger partial charge in [0.1, 0.15) is 5.82 Å². The number of nitrogens with zero attached hydrogens (tertiary/aromatic N) is 3. The molecule has 0 saturated carbocycles. The second-order valence-electron chi connectivity index (χ2n) is 18.5. The Morgan fingerprint density at radius 1 is 0.662 bits per heavy atom. The van der Waals surface area contributed by atoms with E-state index in [4.69, 9.17) is 6.35 Å². The average molecular weight is 1200 g/mol. The molecule has 10 heteroatoms. The van der Waals surface area contributed by atoms with Crippen molar-refractivity contribution in [3.05, 3.63) is 217 Å². The maximum absolute atomic E-state index is 16.1. The number of alkyl halides is 3. The normalized spacial score (nSPS) is 12.1. The third-order valence-corrected chi connectivity index (χ3v) is 17.9. The van der Waals surface area contributed by atoms with Crippen LogP contribution in [0, 0.1) is 17.9 Å². The predicted molar refractivity (Wildman–Crippen MR) is 285 cm³/mol. The quantitative estimate of drug-likeness (QED) is 0.0862. The zero-order valence-electron chi connectivity index (χ0n) is 40.5. The second-order valence-corrected chi connectivity index (χ2v) is 30.1. The molecule has 11 aromatic rings. The molecule has 0 N–H and O–H groups in total. The Labute approximate surface area is 433 Å². The van der Waals surface area contributed by atoms with E-state index < -0.39 is 30.9 Å². The minimum absolute atomic E-state index is 0. The van der Waals surface area contributed by atoms with Crippen molar-refractivity contribution in [2.45, 2.75) is 43.2 Å². The smallest absolute Gasteiger partial charge is 0 e. The largest absolute Gasteiger partial charge is 0 e. The number of hydrogen-bond acceptors (Lipinski definition) is 3. The maximum atomic E-state index is 16.1. The van der Waals surface area contributed by atoms with E-state index >= 15 is 4.39 Å². The number of benzene rings is 8. The van der Waals surface area contributed by atoms with Gasteiger partial charge in [-0.2, -0.15) is 24.5 Å². The molecule has 3 nitrogen and oxygen atoms in total. The molecule has 3 aromatic heterocycles. The van der Waals surface area contributed by atoms with Crippen LogP contribution in [0.3, 0.4) is 0 Å². The number of para-hydroxylation sites is 1. The summed E-state index contributed by atoms with van der Waals surface area (Å²) >= 11 is -0.441. The van der Waals surface area contributed by atoms with E-state index in [9.17, 15) is 13.2 Å². The van der Waals surface area contributed by atoms with E-state index in [1.165, 1.54) is 22.6 Å². The van der Waals surface area contributed by atoms with Gasteiger partial charge in [0.25, 0.3) is 0 Å². The van der Waals surface area contributed by atoms with Gasteiger partial charge in [-0.05, 0) is 80.4 Å². The van der Waals surface area contributed by atoms with Gasteiger partial charge in [-0.1, -0.05) is 108 Å². The van der Waals surface area contributed by atoms with Crippen LogP contribution >= 0.6 is 11.3 Å². The third kappa shape index (κ3) is 10.1. The first kappa shape index (κ1) is 48.2. The van der Waals surface area contributed by atoms with Crippen molar-refractivity contribution < 1.29 is 39.0 Å². The second kappa shape index (κ2) is 20.3. The Bertz CT molecular complexity index is 3720. The summed E-state index contributed by atoms with van der Waals surface area (Å²) in [5, 5.41) is 1.92. The fourth-order valence-corrected chi connectivity index (χ4v) is 13.5. The molecular formula is C61H47F4GeIrN3S-2. The van der Waals surface area contributed by atoms with E-state index in [0.29, 0.717) is 22.4 Å². The summed E-state index contributed by atoms with van der Waals surface area (Å²) in [5.41, 5.74) is 10.1. The van der Waals surface area contributed by atoms with Crippen molar-refractivity contribution in [1.29, 1.82) is 0 Å². The first-order valence-corrected chi connectivity index (χ1v) is 31.1. The van der Waals surface area contributed by atoms with Crippen molar-refractivity contribution in [1.82, 2.24) is 14.5 Å². The van der Waals surface area contributed by atoms with Crippen molar-refractivity contribution >= 4 is 60.2 Å². The number of rotatable bonds is 8. The summed E-state index contributed by atoms with van der Waals surface area (Å²) in [6, 6.07) is 63.0. The topological polar surface area (TPSA) is 30.7 Å². The molecular weight excluding hydrogens is 1150 g/mol. The molecule has 0 amide bonds. The predicted octanol–water partition coefficient (Wildman–Crippen LogP) is 17.2. The van der Waals surface area contributed by atoms with Crippen molar-refractivity contribution in [3.63, 3.8) is 0 Å². The first-order valence-electron chi connectivity index (χ1n) is 23.5. The van der Waals surface area contributed by atoms with Crippen LogP contribution in [0.4, 0.5) is 17.6 Å². The number of pyridine rings is 1. The third-order valence-electron chi connectivity index (χ3n) is 12.5. The molecule has 1 radical (unpaired) electrons. The molecule has 0 atom stereocenters. The fraction of sp³-hybridized carbons (Fsp3) is 0.115. The van der Waals surface area contributed by atoms with E-state index in [-0.39, 0.29) is 25.9 Å². The van der Waals surface area contributed by atoms with Crippen molar-refractivity contribution in [3.8, 4) is 61.7 Å². The van der Waals surface area contributed by atoms with Crippen LogP contribution in [0.5, 0.6) is 0 Å². The SMILES string of the molecule is Fc1cccc2nc(-c3[c-]ccc4c3sc3ccc(-c5ccc(C(F)(F)F)cc5)cc34)n(-c3cc(-c4ccccc4)ccc3-c3ccccc3)c12.[2H]C(C)(C)c1cc(-c2[c-]cccc2)nc[c]1[Ge]([CH3])([CH3])[CH3].[Ir]. The number of halogens is 4. The van der Waals surface area contributed by atoms with Gasteiger partial charge in [0, 0.05) is 36.1 Å². The van der Waals surface area contributed by atoms with Gasteiger partial charge in [0.05, 0.1) is 22.4 Å². The molecule has 0 spiro atoms. The summed E-state index contributed by atoms with van der Waals surface area (Å²) < 4.78 is 69.4. The van der Waals surface area contributed by atoms with Gasteiger partial charge in [0.2, 0.25) is 0 Å². The van der Waals surface area contributed by atoms with Crippen LogP contribution in [0.25, 0.3) is 92.9 Å². The summed E-state index contributed by atoms with van der Waals surface area (Å²) in [7, 11) is 0. The Kier molecular flexibility index (Phi) is 13.8. The molecule has 71 heavy (non-hydrogen) atoms. The van der Waals surface area contributed by atoms with Crippen molar-refractivity contribution in [2.75, 3.05) is 0 Å². The fourth-order valence-electron chi connectivity index (χ4n) is 8.98. The number of hydrogen-bond donors (Lipinski definition) is 0. The van der Waals surface area contributed by atoms with Gasteiger partial charge in [-0.15, -0.1) is 18.2 Å². The number of thiophene rings is 1. The first-order chi connectivity index (χ1) is 34.0. The number of aromatic nitrogens is 3. The Morgan fingerprint density at radius 3 is 2.00 bits per heavy atom. The Morgan fingerprint density at radius 2 is 1.32 bits per heavy atom. The maximum Gasteiger partial charge on any atom is 0 e. The molecule has 3 heterocycles. The molecule has 8 aromatic carbocycles. The van der Waals surface area contributed by atoms with E-state index in [1.54, 1.807) is 17.4 Å². The van der Waals surface area contributed by atoms with Crippen LogP contribution in [0.2, 0.25) is 17.3 Å². The monoisotopic (exact) mass is 1200 g/mol. The molecule has 0 bridgehead atoms.